The van der Waals surface area contributed by atoms with Crippen LogP contribution in [0.15, 0.2) is 78.9 Å². The van der Waals surface area contributed by atoms with E-state index in [1.807, 2.05) is 47.4 Å². The van der Waals surface area contributed by atoms with E-state index >= 15 is 0 Å². The lowest BCUT2D eigenvalue weighted by Crippen LogP contribution is -2.47. The topological polar surface area (TPSA) is 69.9 Å². The third-order valence-corrected chi connectivity index (χ3v) is 7.29. The maximum Gasteiger partial charge on any atom is 0.240 e. The summed E-state index contributed by atoms with van der Waals surface area (Å²) >= 11 is 0. The summed E-state index contributed by atoms with van der Waals surface area (Å²) in [5.41, 5.74) is 10.1. The van der Waals surface area contributed by atoms with Gasteiger partial charge in [-0.2, -0.15) is 0 Å². The monoisotopic (exact) mass is 544 g/mol. The summed E-state index contributed by atoms with van der Waals surface area (Å²) < 4.78 is 13.8. The van der Waals surface area contributed by atoms with Crippen LogP contribution in [0.5, 0.6) is 0 Å². The van der Waals surface area contributed by atoms with Gasteiger partial charge in [0.1, 0.15) is 5.82 Å². The number of nitrogens with two attached hydrogens (primary N) is 1. The van der Waals surface area contributed by atoms with Gasteiger partial charge in [-0.15, -0.1) is 0 Å². The Balaban J connectivity index is 1.63. The molecule has 7 heteroatoms. The van der Waals surface area contributed by atoms with Crippen LogP contribution in [0.1, 0.15) is 43.4 Å². The third-order valence-electron chi connectivity index (χ3n) is 7.29. The lowest BCUT2D eigenvalue weighted by Gasteiger charge is -2.30. The van der Waals surface area contributed by atoms with Gasteiger partial charge >= 0.3 is 0 Å². The zero-order chi connectivity index (χ0) is 28.5. The number of fused-ring (bicyclic) bond motifs is 1. The maximum absolute atomic E-state index is 13.8. The Morgan fingerprint density at radius 1 is 0.875 bits per heavy atom. The van der Waals surface area contributed by atoms with Crippen molar-refractivity contribution < 1.29 is 14.0 Å². The summed E-state index contributed by atoms with van der Waals surface area (Å²) in [5, 5.41) is 0. The highest BCUT2D eigenvalue weighted by atomic mass is 19.1. The summed E-state index contributed by atoms with van der Waals surface area (Å²) in [6.07, 6.45) is 1.53. The van der Waals surface area contributed by atoms with Gasteiger partial charge in [-0.3, -0.25) is 14.5 Å². The molecular weight excluding hydrogens is 503 g/mol. The molecule has 0 fully saturated rings. The average molecular weight is 545 g/mol. The van der Waals surface area contributed by atoms with Crippen LogP contribution < -0.4 is 10.6 Å². The predicted molar refractivity (Wildman–Crippen MR) is 158 cm³/mol. The number of carbonyl (C=O) groups excluding carboxylic acids is 2. The molecule has 4 rings (SSSR count). The van der Waals surface area contributed by atoms with E-state index in [9.17, 15) is 14.0 Å². The number of anilines is 1. The second kappa shape index (κ2) is 14.2. The molecule has 6 nitrogen and oxygen atoms in total. The van der Waals surface area contributed by atoms with Gasteiger partial charge in [0.15, 0.2) is 0 Å². The van der Waals surface area contributed by atoms with Crippen LogP contribution in [-0.4, -0.2) is 53.8 Å². The summed E-state index contributed by atoms with van der Waals surface area (Å²) in [6.45, 7) is 7.78. The number of nitrogens with zero attached hydrogens (tertiary/aromatic N) is 3. The molecule has 0 unspecified atom stereocenters. The molecular formula is C33H41FN4O2. The van der Waals surface area contributed by atoms with E-state index in [4.69, 9.17) is 5.73 Å². The average Bonchev–Trinajstić information content (AvgIpc) is 2.96. The van der Waals surface area contributed by atoms with Crippen molar-refractivity contribution in [2.75, 3.05) is 31.1 Å². The smallest absolute Gasteiger partial charge is 0.240 e. The first-order chi connectivity index (χ1) is 19.3. The zero-order valence-electron chi connectivity index (χ0n) is 23.6. The molecule has 212 valence electrons. The standard InChI is InChI=1S/C33H41FN4O2/c1-25(2)20-32(39)38-17-9-16-36(23-26-10-4-3-5-11-26)18-19-37(24-28-13-6-7-15-31(28)38)33(40)30(35)22-27-12-8-14-29(34)21-27/h3-8,10-15,21,25,30H,9,16-20,22-24,35H2,1-2H3/t30-/m0/s1. The summed E-state index contributed by atoms with van der Waals surface area (Å²) in [6, 6.07) is 23.6. The Hall–Kier alpha value is -3.55. The van der Waals surface area contributed by atoms with Gasteiger partial charge in [0, 0.05) is 51.4 Å². The minimum Gasteiger partial charge on any atom is -0.336 e. The molecule has 0 radical (unpaired) electrons. The first-order valence-corrected chi connectivity index (χ1v) is 14.2. The van der Waals surface area contributed by atoms with Crippen molar-refractivity contribution in [1.29, 1.82) is 0 Å². The number of benzene rings is 3. The third kappa shape index (κ3) is 8.23. The van der Waals surface area contributed by atoms with E-state index in [-0.39, 0.29) is 30.0 Å². The SMILES string of the molecule is CC(C)CC(=O)N1CCCN(Cc2ccccc2)CCN(C(=O)[C@@H](N)Cc2cccc(F)c2)Cc2ccccc21. The first kappa shape index (κ1) is 29.4. The molecule has 0 spiro atoms. The first-order valence-electron chi connectivity index (χ1n) is 14.2. The number of hydrogen-bond acceptors (Lipinski definition) is 4. The molecule has 2 N–H and O–H groups in total. The lowest BCUT2D eigenvalue weighted by molar-refractivity contribution is -0.133. The number of halogens is 1. The second-order valence-electron chi connectivity index (χ2n) is 11.1. The van der Waals surface area contributed by atoms with E-state index in [2.05, 4.69) is 30.9 Å². The summed E-state index contributed by atoms with van der Waals surface area (Å²) in [5.74, 6) is -0.189. The molecule has 1 aliphatic rings. The van der Waals surface area contributed by atoms with Crippen LogP contribution in [0.3, 0.4) is 0 Å². The van der Waals surface area contributed by atoms with E-state index in [1.54, 1.807) is 17.0 Å². The van der Waals surface area contributed by atoms with E-state index in [0.717, 1.165) is 30.8 Å². The quantitative estimate of drug-likeness (QED) is 0.454. The van der Waals surface area contributed by atoms with Gasteiger partial charge < -0.3 is 15.5 Å². The molecule has 3 aromatic rings. The normalized spacial score (nSPS) is 15.8. The molecule has 3 aromatic carbocycles. The number of para-hydroxylation sites is 1. The van der Waals surface area contributed by atoms with E-state index in [0.29, 0.717) is 38.2 Å². The summed E-state index contributed by atoms with van der Waals surface area (Å²) in [7, 11) is 0. The molecule has 0 bridgehead atoms. The lowest BCUT2D eigenvalue weighted by atomic mass is 10.0. The number of amides is 2. The fourth-order valence-electron chi connectivity index (χ4n) is 5.29. The highest BCUT2D eigenvalue weighted by molar-refractivity contribution is 5.94. The number of rotatable bonds is 7. The Kier molecular flexibility index (Phi) is 10.4. The van der Waals surface area contributed by atoms with Crippen LogP contribution in [0, 0.1) is 11.7 Å². The minimum atomic E-state index is -0.805. The molecule has 0 saturated carbocycles. The predicted octanol–water partition coefficient (Wildman–Crippen LogP) is 5.01. The van der Waals surface area contributed by atoms with Crippen LogP contribution in [-0.2, 0) is 29.1 Å². The number of hydrogen-bond donors (Lipinski definition) is 1. The van der Waals surface area contributed by atoms with Gasteiger partial charge in [0.2, 0.25) is 11.8 Å². The van der Waals surface area contributed by atoms with Gasteiger partial charge in [-0.25, -0.2) is 4.39 Å². The Morgan fingerprint density at radius 3 is 2.35 bits per heavy atom. The Labute approximate surface area is 237 Å². The van der Waals surface area contributed by atoms with Crippen LogP contribution in [0.4, 0.5) is 10.1 Å². The van der Waals surface area contributed by atoms with Crippen molar-refractivity contribution in [3.8, 4) is 0 Å². The highest BCUT2D eigenvalue weighted by Crippen LogP contribution is 2.25. The number of carbonyl (C=O) groups is 2. The van der Waals surface area contributed by atoms with Crippen molar-refractivity contribution in [3.05, 3.63) is 101 Å². The van der Waals surface area contributed by atoms with E-state index in [1.165, 1.54) is 17.7 Å². The maximum atomic E-state index is 13.8. The Morgan fingerprint density at radius 2 is 1.60 bits per heavy atom. The molecule has 2 amide bonds. The fourth-order valence-corrected chi connectivity index (χ4v) is 5.29. The van der Waals surface area contributed by atoms with Gasteiger partial charge in [-0.1, -0.05) is 74.5 Å². The van der Waals surface area contributed by atoms with Crippen LogP contribution in [0.2, 0.25) is 0 Å². The van der Waals surface area contributed by atoms with Crippen LogP contribution in [0.25, 0.3) is 0 Å². The van der Waals surface area contributed by atoms with Gasteiger partial charge in [0.25, 0.3) is 0 Å². The molecule has 1 aliphatic heterocycles. The second-order valence-corrected chi connectivity index (χ2v) is 11.1. The molecule has 0 aliphatic carbocycles. The highest BCUT2D eigenvalue weighted by Gasteiger charge is 2.26. The van der Waals surface area contributed by atoms with Crippen molar-refractivity contribution in [2.45, 2.75) is 52.2 Å². The zero-order valence-corrected chi connectivity index (χ0v) is 23.6. The molecule has 40 heavy (non-hydrogen) atoms. The van der Waals surface area contributed by atoms with Crippen LogP contribution >= 0.6 is 0 Å². The molecule has 1 atom stereocenters. The van der Waals surface area contributed by atoms with Gasteiger partial charge in [0.05, 0.1) is 6.04 Å². The van der Waals surface area contributed by atoms with E-state index < -0.39 is 6.04 Å². The summed E-state index contributed by atoms with van der Waals surface area (Å²) in [4.78, 5) is 33.3. The molecule has 0 aromatic heterocycles. The van der Waals surface area contributed by atoms with Crippen molar-refractivity contribution >= 4 is 17.5 Å². The van der Waals surface area contributed by atoms with Gasteiger partial charge in [-0.05, 0) is 53.6 Å². The van der Waals surface area contributed by atoms with Crippen molar-refractivity contribution in [3.63, 3.8) is 0 Å². The molecule has 0 saturated heterocycles. The van der Waals surface area contributed by atoms with Crippen molar-refractivity contribution in [2.24, 2.45) is 11.7 Å². The molecule has 1 heterocycles. The minimum absolute atomic E-state index is 0.0944. The Bertz CT molecular complexity index is 1270. The van der Waals surface area contributed by atoms with Crippen molar-refractivity contribution in [1.82, 2.24) is 9.80 Å². The largest absolute Gasteiger partial charge is 0.336 e. The fraction of sp³-hybridized carbons (Fsp3) is 0.394.